The number of benzene rings is 2. The third kappa shape index (κ3) is 27.2. The van der Waals surface area contributed by atoms with Crippen molar-refractivity contribution in [2.24, 2.45) is 23.3 Å². The Balaban J connectivity index is 1.00. The number of carboxylic acid groups (broad SMARTS) is 1. The number of amides is 9. The van der Waals surface area contributed by atoms with E-state index in [9.17, 15) is 67.7 Å². The Hall–Kier alpha value is -7.71. The quantitative estimate of drug-likeness (QED) is 0.0707. The molecule has 33 nitrogen and oxygen atoms in total. The minimum atomic E-state index is -4.10. The van der Waals surface area contributed by atoms with Crippen molar-refractivity contribution in [2.75, 3.05) is 129 Å². The van der Waals surface area contributed by atoms with Gasteiger partial charge in [-0.1, -0.05) is 68.3 Å². The Morgan fingerprint density at radius 1 is 0.661 bits per heavy atom. The van der Waals surface area contributed by atoms with Gasteiger partial charge >= 0.3 is 211 Å². The number of rotatable bonds is 21. The molecule has 6 saturated heterocycles. The van der Waals surface area contributed by atoms with Crippen molar-refractivity contribution < 1.29 is 85.9 Å². The molecule has 7 aliphatic rings. The van der Waals surface area contributed by atoms with E-state index >= 15 is 9.59 Å². The Kier molecular flexibility index (Phi) is 34.4. The standard InChI is InChI=1S/C76H112N14O19S2.In/c1-4-5-7-14-57(93)37-56-48-111-46-54-34-52(41-84-29-31-88(32-30-84)65(96)42-85-23-27-86(43-67(99)100)25-21-83(40-49(2)91)22-26-87(28-24-85)44-68(101)102)33-53(35-54)45-110-47-55(71(104)81-60(70(78)103)39-66(97)98)38-63(94)59(36-51-12-8-6-9-13-51)80-72(105)58(17-18-64(77)95)79-74(107)69(50(3)92)82-73(106)61-15-10-19-89(61)76(109)62-16-11-20-90(62)75(56)108;/h6,8-9,12-13,33-35,50,55-56,58-62,69,91-92H,2,4-5,7,10-11,14-32,36-48H2,1,3H3,(H2,77,95)(H2,78,103)(H,79,107)(H,80,105)(H,81,104)(H,82,106)(H,97,98)(H,99,100)(H,101,102);/q;+3/p-3/t50-,55+,56+,58+,59+,60+,61+,62+,69+;/m1./s1. The van der Waals surface area contributed by atoms with E-state index in [0.717, 1.165) is 29.5 Å². The molecule has 0 saturated carbocycles. The molecular weight excluding hydrogens is 1590 g/mol. The number of unbranched alkanes of at least 4 members (excludes halogenated alkanes) is 2. The topological polar surface area (TPSA) is 433 Å². The average molecular weight is 1700 g/mol. The number of aliphatic hydroxyl groups excluding tert-OH is 1. The van der Waals surface area contributed by atoms with Crippen molar-refractivity contribution >= 4 is 129 Å². The number of hydrogen-bond donors (Lipinski definition) is 8. The van der Waals surface area contributed by atoms with Crippen LogP contribution in [0.1, 0.15) is 120 Å². The molecule has 0 aliphatic carbocycles. The van der Waals surface area contributed by atoms with Gasteiger partial charge in [0, 0.05) is 68.3 Å². The molecule has 0 spiro atoms. The molecule has 612 valence electrons. The first kappa shape index (κ1) is 88.2. The summed E-state index contributed by atoms with van der Waals surface area (Å²) < 4.78 is 17.3. The van der Waals surface area contributed by atoms with Crippen molar-refractivity contribution in [3.8, 4) is 0 Å². The van der Waals surface area contributed by atoms with Crippen LogP contribution < -0.4 is 32.7 Å². The van der Waals surface area contributed by atoms with E-state index in [2.05, 4.69) is 48.6 Å². The fourth-order valence-electron chi connectivity index (χ4n) is 15.1. The van der Waals surface area contributed by atoms with Crippen LogP contribution in [0.4, 0.5) is 0 Å². The molecule has 11 atom stereocenters. The summed E-state index contributed by atoms with van der Waals surface area (Å²) in [6, 6.07) is 5.96. The number of aliphatic carboxylic acids is 1. The van der Waals surface area contributed by atoms with Crippen LogP contribution >= 0.6 is 23.5 Å². The Morgan fingerprint density at radius 3 is 1.86 bits per heavy atom. The van der Waals surface area contributed by atoms with Gasteiger partial charge in [0.25, 0.3) is 0 Å². The third-order valence-electron chi connectivity index (χ3n) is 21.3. The maximum atomic E-state index is 15.2. The van der Waals surface area contributed by atoms with Crippen LogP contribution in [-0.4, -0.2) is 326 Å². The molecule has 10 N–H and O–H groups in total. The molecule has 6 fully saturated rings. The molecule has 0 aromatic heterocycles. The summed E-state index contributed by atoms with van der Waals surface area (Å²) in [5, 5.41) is 31.2. The predicted molar refractivity (Wildman–Crippen MR) is 414 cm³/mol. The van der Waals surface area contributed by atoms with Crippen LogP contribution in [0, 0.1) is 11.8 Å². The number of fused-ring (bicyclic) bond motifs is 11. The predicted octanol–water partition coefficient (Wildman–Crippen LogP) is -0.838. The van der Waals surface area contributed by atoms with Crippen LogP contribution in [0.5, 0.6) is 0 Å². The van der Waals surface area contributed by atoms with Crippen LogP contribution in [0.3, 0.4) is 0 Å². The zero-order chi connectivity index (χ0) is 80.5. The van der Waals surface area contributed by atoms with Gasteiger partial charge in [-0.05, 0) is 74.1 Å². The Bertz CT molecular complexity index is 3670. The second-order valence-corrected chi connectivity index (χ2v) is 35.8. The second kappa shape index (κ2) is 43.7. The Labute approximate surface area is 671 Å². The molecule has 2 aromatic carbocycles. The average Bonchev–Trinajstić information content (AvgIpc) is 1.64. The number of hydrogen-bond acceptors (Lipinski definition) is 25. The summed E-state index contributed by atoms with van der Waals surface area (Å²) in [6.07, 6.45) is -0.319. The van der Waals surface area contributed by atoms with Crippen LogP contribution in [0.15, 0.2) is 60.9 Å². The van der Waals surface area contributed by atoms with Gasteiger partial charge in [-0.25, -0.2) is 0 Å². The SMILES string of the molecule is C=C1CN2CCN3CCN(CC(=O)N4CCN(Cc5cc6cc(c5)CSC[C@H](CC(=O)CCCCC)C(=O)N5CCC[C@H]5C(=O)N5CCC[C@H]5C(=O)N[C@@H]([C@@H](C)O)C(=O)N[C@@H](CCC(N)=O)C(=O)N[C@@H](Cc5ccccc5)C(=O)C[C@H](C(=O)N[C@@H](CC(=O)O)C(N)=O)CSC6)CC4)CCN(CC2)CC(=O)[O][In]([O]1)[O]C(=O)C3. The number of piperazine rings is 1. The van der Waals surface area contributed by atoms with Crippen molar-refractivity contribution in [1.82, 2.24) is 60.5 Å². The van der Waals surface area contributed by atoms with Crippen molar-refractivity contribution in [1.29, 1.82) is 0 Å². The van der Waals surface area contributed by atoms with Gasteiger partial charge in [-0.15, -0.1) is 0 Å². The summed E-state index contributed by atoms with van der Waals surface area (Å²) >= 11 is -1.40. The normalized spacial score (nSPS) is 26.4. The number of thioether (sulfide) groups is 2. The minimum absolute atomic E-state index is 0.0501. The van der Waals surface area contributed by atoms with Gasteiger partial charge < -0.3 is 52.7 Å². The van der Waals surface area contributed by atoms with E-state index in [-0.39, 0.29) is 99.7 Å². The molecule has 9 amide bonds. The molecule has 112 heavy (non-hydrogen) atoms. The number of nitrogens with one attached hydrogen (secondary N) is 4. The van der Waals surface area contributed by atoms with E-state index in [0.29, 0.717) is 128 Å². The van der Waals surface area contributed by atoms with Gasteiger partial charge in [-0.3, -0.25) is 57.6 Å². The molecule has 0 radical (unpaired) electrons. The first-order valence-electron chi connectivity index (χ1n) is 38.9. The van der Waals surface area contributed by atoms with Crippen molar-refractivity contribution in [3.05, 3.63) is 83.1 Å². The summed E-state index contributed by atoms with van der Waals surface area (Å²) in [5.74, 6) is -11.2. The fourth-order valence-corrected chi connectivity index (χ4v) is 20.3. The van der Waals surface area contributed by atoms with Gasteiger partial charge in [0.2, 0.25) is 47.3 Å². The monoisotopic (exact) mass is 1700 g/mol. The number of carbonyl (C=O) groups excluding carboxylic acids is 13. The number of Topliss-reactive ketones (excluding diaryl/α,β-unsaturated/α-hetero) is 2. The fraction of sp³-hybridized carbons (Fsp3) is 0.632. The van der Waals surface area contributed by atoms with E-state index in [1.807, 2.05) is 33.8 Å². The van der Waals surface area contributed by atoms with Crippen molar-refractivity contribution in [3.63, 3.8) is 0 Å². The molecule has 7 heterocycles. The first-order valence-corrected chi connectivity index (χ1v) is 45.3. The third-order valence-corrected chi connectivity index (χ3v) is 27.7. The molecule has 2 unspecified atom stereocenters. The number of nitrogens with two attached hydrogens (primary N) is 2. The Morgan fingerprint density at radius 2 is 1.25 bits per heavy atom. The molecule has 7 aliphatic heterocycles. The number of nitrogens with zero attached hydrogens (tertiary/aromatic N) is 8. The van der Waals surface area contributed by atoms with Crippen LogP contribution in [0.25, 0.3) is 0 Å². The van der Waals surface area contributed by atoms with Gasteiger partial charge in [0.05, 0.1) is 30.4 Å². The second-order valence-electron chi connectivity index (χ2n) is 30.1. The number of carboxylic acids is 1. The maximum absolute atomic E-state index is 15.2. The number of carbonyl (C=O) groups is 14. The number of ketones is 2. The van der Waals surface area contributed by atoms with Crippen LogP contribution in [0.2, 0.25) is 0 Å². The molecule has 36 heteroatoms. The first-order chi connectivity index (χ1) is 53.6. The van der Waals surface area contributed by atoms with Gasteiger partial charge in [0.15, 0.2) is 5.78 Å². The molecule has 9 rings (SSSR count). The summed E-state index contributed by atoms with van der Waals surface area (Å²) in [4.78, 5) is 211. The van der Waals surface area contributed by atoms with Crippen molar-refractivity contribution in [2.45, 2.75) is 164 Å². The number of aliphatic hydroxyl groups is 1. The summed E-state index contributed by atoms with van der Waals surface area (Å²) in [6.45, 7) is 14.4. The van der Waals surface area contributed by atoms with E-state index in [4.69, 9.17) is 20.0 Å². The molecule has 6 bridgehead atoms. The van der Waals surface area contributed by atoms with Gasteiger partial charge in [-0.2, -0.15) is 23.5 Å². The van der Waals surface area contributed by atoms with Crippen LogP contribution in [-0.2, 0) is 100 Å². The van der Waals surface area contributed by atoms with E-state index < -0.39 is 168 Å². The van der Waals surface area contributed by atoms with Gasteiger partial charge in [0.1, 0.15) is 36.0 Å². The van der Waals surface area contributed by atoms with E-state index in [1.165, 1.54) is 40.2 Å². The molecule has 2 aromatic rings. The van der Waals surface area contributed by atoms with E-state index in [1.54, 1.807) is 30.3 Å². The molecular formula is C76H109InN14O19S2. The summed E-state index contributed by atoms with van der Waals surface area (Å²) in [7, 11) is 0. The summed E-state index contributed by atoms with van der Waals surface area (Å²) in [5.41, 5.74) is 14.3. The zero-order valence-corrected chi connectivity index (χ0v) is 69.1. The number of primary amides is 2. The zero-order valence-electron chi connectivity index (χ0n) is 64.1.